The Kier molecular flexibility index (Phi) is 5.03. The van der Waals surface area contributed by atoms with E-state index in [1.165, 1.54) is 19.3 Å². The lowest BCUT2D eigenvalue weighted by Gasteiger charge is -2.32. The first-order valence-corrected chi connectivity index (χ1v) is 7.73. The van der Waals surface area contributed by atoms with Gasteiger partial charge in [-0.3, -0.25) is 0 Å². The summed E-state index contributed by atoms with van der Waals surface area (Å²) in [7, 11) is 0. The van der Waals surface area contributed by atoms with Gasteiger partial charge in [0.05, 0.1) is 0 Å². The molecular formula is C15H24ClN3. The summed E-state index contributed by atoms with van der Waals surface area (Å²) >= 11 is 6.19. The Morgan fingerprint density at radius 1 is 1.21 bits per heavy atom. The number of nitrogens with one attached hydrogen (secondary N) is 1. The number of anilines is 1. The lowest BCUT2D eigenvalue weighted by atomic mass is 9.80. The first-order chi connectivity index (χ1) is 9.10. The van der Waals surface area contributed by atoms with E-state index in [4.69, 9.17) is 11.6 Å². The Balaban J connectivity index is 2.12. The molecule has 1 saturated carbocycles. The Morgan fingerprint density at radius 3 is 2.53 bits per heavy atom. The molecule has 0 aromatic carbocycles. The summed E-state index contributed by atoms with van der Waals surface area (Å²) in [6.45, 7) is 6.83. The van der Waals surface area contributed by atoms with Gasteiger partial charge in [-0.25, -0.2) is 9.97 Å². The molecule has 1 N–H and O–H groups in total. The minimum absolute atomic E-state index is 0.514. The number of nitrogens with zero attached hydrogens (tertiary/aromatic N) is 2. The number of hydrogen-bond donors (Lipinski definition) is 1. The summed E-state index contributed by atoms with van der Waals surface area (Å²) in [5, 5.41) is 4.19. The normalized spacial score (nSPS) is 27.3. The molecule has 0 bridgehead atoms. The molecule has 1 aliphatic rings. The number of rotatable bonds is 4. The zero-order chi connectivity index (χ0) is 13.8. The fraction of sp³-hybridized carbons (Fsp3) is 0.733. The van der Waals surface area contributed by atoms with Crippen LogP contribution in [0.4, 0.5) is 5.82 Å². The van der Waals surface area contributed by atoms with Gasteiger partial charge in [-0.1, -0.05) is 38.8 Å². The lowest BCUT2D eigenvalue weighted by Crippen LogP contribution is -2.31. The average Bonchev–Trinajstić information content (AvgIpc) is 2.32. The first kappa shape index (κ1) is 14.6. The molecule has 4 heteroatoms. The van der Waals surface area contributed by atoms with Crippen LogP contribution in [0, 0.1) is 11.8 Å². The van der Waals surface area contributed by atoms with Gasteiger partial charge in [0.15, 0.2) is 0 Å². The van der Waals surface area contributed by atoms with Crippen LogP contribution in [-0.4, -0.2) is 16.0 Å². The maximum Gasteiger partial charge on any atom is 0.137 e. The molecular weight excluding hydrogens is 258 g/mol. The van der Waals surface area contributed by atoms with Gasteiger partial charge >= 0.3 is 0 Å². The fourth-order valence-corrected chi connectivity index (χ4v) is 3.47. The van der Waals surface area contributed by atoms with Crippen LogP contribution in [0.2, 0.25) is 5.15 Å². The summed E-state index contributed by atoms with van der Waals surface area (Å²) in [6.07, 6.45) is 7.32. The third-order valence-corrected chi connectivity index (χ3v) is 4.24. The van der Waals surface area contributed by atoms with Crippen molar-refractivity contribution in [2.45, 2.75) is 58.9 Å². The van der Waals surface area contributed by atoms with E-state index < -0.39 is 0 Å². The molecule has 0 amide bonds. The Morgan fingerprint density at radius 2 is 1.89 bits per heavy atom. The van der Waals surface area contributed by atoms with Crippen molar-refractivity contribution in [2.24, 2.45) is 11.8 Å². The van der Waals surface area contributed by atoms with Crippen molar-refractivity contribution in [3.8, 4) is 0 Å². The van der Waals surface area contributed by atoms with Crippen LogP contribution in [0.25, 0.3) is 0 Å². The van der Waals surface area contributed by atoms with Crippen LogP contribution in [0.15, 0.2) is 6.33 Å². The van der Waals surface area contributed by atoms with E-state index in [0.29, 0.717) is 11.2 Å². The second-order valence-electron chi connectivity index (χ2n) is 6.00. The van der Waals surface area contributed by atoms with E-state index in [1.807, 2.05) is 0 Å². The Hall–Kier alpha value is -0.830. The highest BCUT2D eigenvalue weighted by atomic mass is 35.5. The molecule has 3 nitrogen and oxygen atoms in total. The third-order valence-electron chi connectivity index (χ3n) is 3.91. The largest absolute Gasteiger partial charge is 0.367 e. The minimum Gasteiger partial charge on any atom is -0.367 e. The molecule has 2 rings (SSSR count). The summed E-state index contributed by atoms with van der Waals surface area (Å²) in [5.74, 6) is 2.51. The molecule has 1 fully saturated rings. The predicted octanol–water partition coefficient (Wildman–Crippen LogP) is 4.32. The quantitative estimate of drug-likeness (QED) is 0.835. The van der Waals surface area contributed by atoms with E-state index in [-0.39, 0.29) is 0 Å². The number of halogens is 1. The Labute approximate surface area is 121 Å². The summed E-state index contributed by atoms with van der Waals surface area (Å²) in [5.41, 5.74) is 1.07. The van der Waals surface area contributed by atoms with Crippen LogP contribution in [0.5, 0.6) is 0 Å². The van der Waals surface area contributed by atoms with Gasteiger partial charge in [0.2, 0.25) is 0 Å². The number of hydrogen-bond acceptors (Lipinski definition) is 3. The standard InChI is InChI=1S/C15H24ClN3/c1-4-5-13-14(16)17-9-18-15(13)19-12-7-10(2)6-11(3)8-12/h9-12H,4-8H2,1-3H3,(H,17,18,19). The second kappa shape index (κ2) is 6.56. The zero-order valence-corrected chi connectivity index (χ0v) is 12.9. The van der Waals surface area contributed by atoms with Crippen LogP contribution in [0.1, 0.15) is 52.0 Å². The molecule has 0 spiro atoms. The van der Waals surface area contributed by atoms with Crippen molar-refractivity contribution in [3.05, 3.63) is 17.0 Å². The molecule has 2 unspecified atom stereocenters. The molecule has 1 aromatic rings. The van der Waals surface area contributed by atoms with E-state index in [1.54, 1.807) is 6.33 Å². The zero-order valence-electron chi connectivity index (χ0n) is 12.1. The van der Waals surface area contributed by atoms with E-state index >= 15 is 0 Å². The van der Waals surface area contributed by atoms with Crippen molar-refractivity contribution in [2.75, 3.05) is 5.32 Å². The molecule has 1 aromatic heterocycles. The van der Waals surface area contributed by atoms with Gasteiger partial charge in [-0.15, -0.1) is 0 Å². The van der Waals surface area contributed by atoms with Crippen LogP contribution in [-0.2, 0) is 6.42 Å². The van der Waals surface area contributed by atoms with Crippen molar-refractivity contribution in [1.29, 1.82) is 0 Å². The predicted molar refractivity (Wildman–Crippen MR) is 80.6 cm³/mol. The molecule has 19 heavy (non-hydrogen) atoms. The molecule has 0 aliphatic heterocycles. The average molecular weight is 282 g/mol. The SMILES string of the molecule is CCCc1c(Cl)ncnc1NC1CC(C)CC(C)C1. The molecule has 0 radical (unpaired) electrons. The van der Waals surface area contributed by atoms with Gasteiger partial charge < -0.3 is 5.32 Å². The summed E-state index contributed by atoms with van der Waals surface area (Å²) in [6, 6.07) is 0.514. The molecule has 0 saturated heterocycles. The smallest absolute Gasteiger partial charge is 0.137 e. The van der Waals surface area contributed by atoms with Crippen molar-refractivity contribution < 1.29 is 0 Å². The van der Waals surface area contributed by atoms with E-state index in [9.17, 15) is 0 Å². The highest BCUT2D eigenvalue weighted by molar-refractivity contribution is 6.30. The van der Waals surface area contributed by atoms with Gasteiger partial charge in [0, 0.05) is 11.6 Å². The Bertz CT molecular complexity index is 412. The minimum atomic E-state index is 0.514. The van der Waals surface area contributed by atoms with E-state index in [0.717, 1.165) is 36.1 Å². The highest BCUT2D eigenvalue weighted by Gasteiger charge is 2.24. The van der Waals surface area contributed by atoms with Crippen molar-refractivity contribution in [3.63, 3.8) is 0 Å². The van der Waals surface area contributed by atoms with Crippen LogP contribution < -0.4 is 5.32 Å². The second-order valence-corrected chi connectivity index (χ2v) is 6.36. The van der Waals surface area contributed by atoms with Gasteiger partial charge in [0.25, 0.3) is 0 Å². The molecule has 1 aliphatic carbocycles. The molecule has 2 atom stereocenters. The third kappa shape index (κ3) is 3.82. The van der Waals surface area contributed by atoms with Crippen LogP contribution >= 0.6 is 11.6 Å². The van der Waals surface area contributed by atoms with Gasteiger partial charge in [-0.2, -0.15) is 0 Å². The van der Waals surface area contributed by atoms with Gasteiger partial charge in [-0.05, 0) is 37.5 Å². The van der Waals surface area contributed by atoms with Crippen LogP contribution in [0.3, 0.4) is 0 Å². The monoisotopic (exact) mass is 281 g/mol. The molecule has 106 valence electrons. The maximum absolute atomic E-state index is 6.19. The topological polar surface area (TPSA) is 37.8 Å². The van der Waals surface area contributed by atoms with Gasteiger partial charge in [0.1, 0.15) is 17.3 Å². The summed E-state index contributed by atoms with van der Waals surface area (Å²) in [4.78, 5) is 8.49. The van der Waals surface area contributed by atoms with Crippen molar-refractivity contribution in [1.82, 2.24) is 9.97 Å². The first-order valence-electron chi connectivity index (χ1n) is 7.36. The lowest BCUT2D eigenvalue weighted by molar-refractivity contribution is 0.280. The molecule has 1 heterocycles. The maximum atomic E-state index is 6.19. The van der Waals surface area contributed by atoms with E-state index in [2.05, 4.69) is 36.1 Å². The highest BCUT2D eigenvalue weighted by Crippen LogP contribution is 2.31. The van der Waals surface area contributed by atoms with Crippen molar-refractivity contribution >= 4 is 17.4 Å². The number of aromatic nitrogens is 2. The summed E-state index contributed by atoms with van der Waals surface area (Å²) < 4.78 is 0. The fourth-order valence-electron chi connectivity index (χ4n) is 3.24.